The van der Waals surface area contributed by atoms with Crippen LogP contribution in [0, 0.1) is 11.8 Å². The van der Waals surface area contributed by atoms with E-state index in [4.69, 9.17) is 11.6 Å². The molecular weight excluding hydrogens is 264 g/mol. The molecule has 0 radical (unpaired) electrons. The second kappa shape index (κ2) is 6.06. The monoisotopic (exact) mass is 280 g/mol. The zero-order valence-electron chi connectivity index (χ0n) is 10.8. The van der Waals surface area contributed by atoms with Crippen molar-refractivity contribution in [2.45, 2.75) is 19.8 Å². The van der Waals surface area contributed by atoms with Crippen molar-refractivity contribution in [3.8, 4) is 0 Å². The molecule has 19 heavy (non-hydrogen) atoms. The summed E-state index contributed by atoms with van der Waals surface area (Å²) < 4.78 is 0. The minimum absolute atomic E-state index is 0.0267. The van der Waals surface area contributed by atoms with Gasteiger partial charge in [-0.2, -0.15) is 0 Å². The zero-order chi connectivity index (χ0) is 13.8. The Balaban J connectivity index is 1.86. The third-order valence-corrected chi connectivity index (χ3v) is 3.47. The summed E-state index contributed by atoms with van der Waals surface area (Å²) in [6.45, 7) is 2.66. The second-order valence-electron chi connectivity index (χ2n) is 4.71. The minimum Gasteiger partial charge on any atom is -0.356 e. The van der Waals surface area contributed by atoms with Gasteiger partial charge in [-0.1, -0.05) is 30.7 Å². The molecule has 0 spiro atoms. The first kappa shape index (κ1) is 13.9. The van der Waals surface area contributed by atoms with E-state index in [1.54, 1.807) is 24.3 Å². The van der Waals surface area contributed by atoms with E-state index in [1.165, 1.54) is 0 Å². The molecule has 2 N–H and O–H groups in total. The standard InChI is InChI=1S/C14H17ClN2O2/c1-2-7-16-13(18)9-8-10(9)14(19)17-12-6-4-3-5-11(12)15/h3-6,9-10H,2,7-8H2,1H3,(H,16,18)(H,17,19). The first-order valence-electron chi connectivity index (χ1n) is 6.46. The summed E-state index contributed by atoms with van der Waals surface area (Å²) in [5.41, 5.74) is 0.591. The van der Waals surface area contributed by atoms with Gasteiger partial charge in [0.25, 0.3) is 0 Å². The van der Waals surface area contributed by atoms with Crippen molar-refractivity contribution >= 4 is 29.1 Å². The predicted molar refractivity (Wildman–Crippen MR) is 75.0 cm³/mol. The number of anilines is 1. The summed E-state index contributed by atoms with van der Waals surface area (Å²) in [5.74, 6) is -0.576. The van der Waals surface area contributed by atoms with Gasteiger partial charge in [-0.05, 0) is 25.0 Å². The van der Waals surface area contributed by atoms with Gasteiger partial charge in [0.15, 0.2) is 0 Å². The van der Waals surface area contributed by atoms with Gasteiger partial charge in [-0.15, -0.1) is 0 Å². The highest BCUT2D eigenvalue weighted by Crippen LogP contribution is 2.39. The molecule has 2 unspecified atom stereocenters. The number of nitrogens with one attached hydrogen (secondary N) is 2. The maximum absolute atomic E-state index is 12.0. The fraction of sp³-hybridized carbons (Fsp3) is 0.429. The lowest BCUT2D eigenvalue weighted by Crippen LogP contribution is -2.28. The van der Waals surface area contributed by atoms with Crippen molar-refractivity contribution in [1.29, 1.82) is 0 Å². The molecule has 0 aromatic heterocycles. The third kappa shape index (κ3) is 3.47. The normalized spacial score (nSPS) is 20.7. The quantitative estimate of drug-likeness (QED) is 0.870. The largest absolute Gasteiger partial charge is 0.356 e. The van der Waals surface area contributed by atoms with Gasteiger partial charge in [0, 0.05) is 6.54 Å². The molecule has 1 aliphatic rings. The highest BCUT2D eigenvalue weighted by molar-refractivity contribution is 6.33. The fourth-order valence-electron chi connectivity index (χ4n) is 1.94. The van der Waals surface area contributed by atoms with Crippen LogP contribution >= 0.6 is 11.6 Å². The summed E-state index contributed by atoms with van der Waals surface area (Å²) in [7, 11) is 0. The maximum Gasteiger partial charge on any atom is 0.228 e. The van der Waals surface area contributed by atoms with Gasteiger partial charge in [-0.25, -0.2) is 0 Å². The molecule has 0 bridgehead atoms. The number of carbonyl (C=O) groups is 2. The number of halogens is 1. The number of amides is 2. The third-order valence-electron chi connectivity index (χ3n) is 3.14. The Morgan fingerprint density at radius 1 is 1.26 bits per heavy atom. The average Bonchev–Trinajstić information content (AvgIpc) is 3.19. The van der Waals surface area contributed by atoms with E-state index < -0.39 is 0 Å². The fourth-order valence-corrected chi connectivity index (χ4v) is 2.12. The Morgan fingerprint density at radius 2 is 1.95 bits per heavy atom. The van der Waals surface area contributed by atoms with Crippen LogP contribution in [-0.2, 0) is 9.59 Å². The lowest BCUT2D eigenvalue weighted by Gasteiger charge is -2.06. The molecule has 2 atom stereocenters. The van der Waals surface area contributed by atoms with E-state index in [2.05, 4.69) is 10.6 Å². The topological polar surface area (TPSA) is 58.2 Å². The van der Waals surface area contributed by atoms with E-state index >= 15 is 0 Å². The lowest BCUT2D eigenvalue weighted by atomic mass is 10.2. The molecule has 1 aromatic carbocycles. The molecule has 1 aliphatic carbocycles. The van der Waals surface area contributed by atoms with Crippen molar-refractivity contribution < 1.29 is 9.59 Å². The summed E-state index contributed by atoms with van der Waals surface area (Å²) in [6.07, 6.45) is 1.51. The van der Waals surface area contributed by atoms with Gasteiger partial charge in [0.1, 0.15) is 0 Å². The highest BCUT2D eigenvalue weighted by atomic mass is 35.5. The maximum atomic E-state index is 12.0. The van der Waals surface area contributed by atoms with Crippen molar-refractivity contribution in [3.63, 3.8) is 0 Å². The van der Waals surface area contributed by atoms with Gasteiger partial charge >= 0.3 is 0 Å². The van der Waals surface area contributed by atoms with Crippen LogP contribution in [0.4, 0.5) is 5.69 Å². The Morgan fingerprint density at radius 3 is 2.63 bits per heavy atom. The second-order valence-corrected chi connectivity index (χ2v) is 5.12. The first-order valence-corrected chi connectivity index (χ1v) is 6.84. The number of rotatable bonds is 5. The SMILES string of the molecule is CCCNC(=O)C1CC1C(=O)Nc1ccccc1Cl. The Labute approximate surface area is 117 Å². The van der Waals surface area contributed by atoms with Crippen LogP contribution in [0.3, 0.4) is 0 Å². The Hall–Kier alpha value is -1.55. The average molecular weight is 281 g/mol. The molecule has 0 saturated heterocycles. The lowest BCUT2D eigenvalue weighted by molar-refractivity contribution is -0.125. The van der Waals surface area contributed by atoms with Crippen LogP contribution in [0.2, 0.25) is 5.02 Å². The van der Waals surface area contributed by atoms with Crippen LogP contribution in [-0.4, -0.2) is 18.4 Å². The molecule has 2 amide bonds. The van der Waals surface area contributed by atoms with Crippen LogP contribution in [0.25, 0.3) is 0 Å². The molecule has 1 aromatic rings. The highest BCUT2D eigenvalue weighted by Gasteiger charge is 2.47. The van der Waals surface area contributed by atoms with E-state index in [0.29, 0.717) is 23.7 Å². The van der Waals surface area contributed by atoms with Crippen LogP contribution in [0.15, 0.2) is 24.3 Å². The van der Waals surface area contributed by atoms with E-state index in [9.17, 15) is 9.59 Å². The van der Waals surface area contributed by atoms with Crippen molar-refractivity contribution in [1.82, 2.24) is 5.32 Å². The summed E-state index contributed by atoms with van der Waals surface area (Å²) in [6, 6.07) is 7.07. The van der Waals surface area contributed by atoms with E-state index in [0.717, 1.165) is 6.42 Å². The molecule has 2 rings (SSSR count). The van der Waals surface area contributed by atoms with Gasteiger partial charge in [0.05, 0.1) is 22.5 Å². The van der Waals surface area contributed by atoms with Crippen molar-refractivity contribution in [2.75, 3.05) is 11.9 Å². The minimum atomic E-state index is -0.229. The van der Waals surface area contributed by atoms with Crippen LogP contribution < -0.4 is 10.6 Å². The summed E-state index contributed by atoms with van der Waals surface area (Å²) in [4.78, 5) is 23.6. The molecule has 102 valence electrons. The smallest absolute Gasteiger partial charge is 0.228 e. The molecule has 5 heteroatoms. The number of benzene rings is 1. The van der Waals surface area contributed by atoms with Crippen LogP contribution in [0.5, 0.6) is 0 Å². The van der Waals surface area contributed by atoms with Crippen molar-refractivity contribution in [2.24, 2.45) is 11.8 Å². The zero-order valence-corrected chi connectivity index (χ0v) is 11.5. The summed E-state index contributed by atoms with van der Waals surface area (Å²) in [5, 5.41) is 6.07. The van der Waals surface area contributed by atoms with Crippen LogP contribution in [0.1, 0.15) is 19.8 Å². The molecule has 1 saturated carbocycles. The van der Waals surface area contributed by atoms with Gasteiger partial charge in [-0.3, -0.25) is 9.59 Å². The molecular formula is C14H17ClN2O2. The molecule has 1 fully saturated rings. The molecule has 0 aliphatic heterocycles. The Bertz CT molecular complexity index is 490. The van der Waals surface area contributed by atoms with Gasteiger partial charge < -0.3 is 10.6 Å². The van der Waals surface area contributed by atoms with Gasteiger partial charge in [0.2, 0.25) is 11.8 Å². The predicted octanol–water partition coefficient (Wildman–Crippen LogP) is 2.44. The molecule has 0 heterocycles. The number of hydrogen-bond donors (Lipinski definition) is 2. The number of hydrogen-bond acceptors (Lipinski definition) is 2. The Kier molecular flexibility index (Phi) is 4.43. The number of carbonyl (C=O) groups excluding carboxylic acids is 2. The molecule has 4 nitrogen and oxygen atoms in total. The number of para-hydroxylation sites is 1. The van der Waals surface area contributed by atoms with Crippen molar-refractivity contribution in [3.05, 3.63) is 29.3 Å². The van der Waals surface area contributed by atoms with E-state index in [1.807, 2.05) is 6.92 Å². The first-order chi connectivity index (χ1) is 9.13. The summed E-state index contributed by atoms with van der Waals surface area (Å²) >= 11 is 5.97. The van der Waals surface area contributed by atoms with E-state index in [-0.39, 0.29) is 23.7 Å².